The summed E-state index contributed by atoms with van der Waals surface area (Å²) in [6.45, 7) is -0.00414. The third-order valence-corrected chi connectivity index (χ3v) is 5.13. The molecule has 0 spiro atoms. The van der Waals surface area contributed by atoms with Gasteiger partial charge in [0.1, 0.15) is 11.8 Å². The summed E-state index contributed by atoms with van der Waals surface area (Å²) in [7, 11) is -2.63. The Hall–Kier alpha value is -1.73. The Kier molecular flexibility index (Phi) is 4.20. The molecule has 1 fully saturated rings. The number of hydrogen-bond donors (Lipinski definition) is 0. The van der Waals surface area contributed by atoms with Gasteiger partial charge in [-0.1, -0.05) is 18.2 Å². The summed E-state index contributed by atoms with van der Waals surface area (Å²) >= 11 is 0. The van der Waals surface area contributed by atoms with Gasteiger partial charge in [0.25, 0.3) is 0 Å². The van der Waals surface area contributed by atoms with E-state index in [-0.39, 0.29) is 30.1 Å². The number of piperidine rings is 1. The molecule has 108 valence electrons. The maximum Gasteiger partial charge on any atom is 0.324 e. The highest BCUT2D eigenvalue weighted by atomic mass is 32.2. The van der Waals surface area contributed by atoms with Crippen molar-refractivity contribution in [2.24, 2.45) is 0 Å². The lowest BCUT2D eigenvalue weighted by atomic mass is 10.0. The van der Waals surface area contributed by atoms with Gasteiger partial charge in [0, 0.05) is 19.4 Å². The minimum absolute atomic E-state index is 0.00414. The van der Waals surface area contributed by atoms with E-state index in [2.05, 4.69) is 4.74 Å². The average molecular weight is 297 g/mol. The van der Waals surface area contributed by atoms with Crippen LogP contribution in [0, 0.1) is 0 Å². The highest BCUT2D eigenvalue weighted by molar-refractivity contribution is 7.89. The number of sulfonamides is 1. The van der Waals surface area contributed by atoms with E-state index in [0.29, 0.717) is 0 Å². The van der Waals surface area contributed by atoms with Crippen LogP contribution >= 0.6 is 0 Å². The summed E-state index contributed by atoms with van der Waals surface area (Å²) in [6, 6.07) is 6.76. The number of nitrogens with zero attached hydrogens (tertiary/aromatic N) is 1. The summed E-state index contributed by atoms with van der Waals surface area (Å²) in [4.78, 5) is 23.3. The third kappa shape index (κ3) is 2.73. The molecule has 0 N–H and O–H groups in total. The Morgan fingerprint density at radius 2 is 1.95 bits per heavy atom. The van der Waals surface area contributed by atoms with Crippen LogP contribution in [0.5, 0.6) is 0 Å². The van der Waals surface area contributed by atoms with Crippen molar-refractivity contribution in [2.45, 2.75) is 23.8 Å². The van der Waals surface area contributed by atoms with Crippen molar-refractivity contribution < 1.29 is 22.7 Å². The van der Waals surface area contributed by atoms with Crippen LogP contribution < -0.4 is 0 Å². The average Bonchev–Trinajstić information content (AvgIpc) is 2.47. The number of ether oxygens (including phenoxy) is 1. The molecule has 1 aromatic rings. The molecule has 0 amide bonds. The zero-order valence-electron chi connectivity index (χ0n) is 11.0. The minimum Gasteiger partial charge on any atom is -0.468 e. The van der Waals surface area contributed by atoms with Crippen molar-refractivity contribution in [2.75, 3.05) is 13.7 Å². The van der Waals surface area contributed by atoms with E-state index < -0.39 is 22.0 Å². The Morgan fingerprint density at radius 3 is 2.55 bits per heavy atom. The molecule has 0 radical (unpaired) electrons. The first-order chi connectivity index (χ1) is 9.46. The van der Waals surface area contributed by atoms with E-state index in [1.807, 2.05) is 0 Å². The van der Waals surface area contributed by atoms with Crippen molar-refractivity contribution in [3.8, 4) is 0 Å². The normalized spacial score (nSPS) is 20.6. The number of carbonyl (C=O) groups excluding carboxylic acids is 2. The highest BCUT2D eigenvalue weighted by Crippen LogP contribution is 2.24. The first-order valence-corrected chi connectivity index (χ1v) is 7.57. The number of ketones is 1. The van der Waals surface area contributed by atoms with Gasteiger partial charge in [-0.05, 0) is 12.1 Å². The van der Waals surface area contributed by atoms with Gasteiger partial charge in [-0.25, -0.2) is 8.42 Å². The van der Waals surface area contributed by atoms with Crippen LogP contribution in [0.15, 0.2) is 35.2 Å². The molecule has 7 heteroatoms. The Bertz CT molecular complexity index is 611. The molecule has 0 bridgehead atoms. The maximum atomic E-state index is 12.5. The lowest BCUT2D eigenvalue weighted by Crippen LogP contribution is -2.50. The summed E-state index contributed by atoms with van der Waals surface area (Å²) < 4.78 is 30.7. The van der Waals surface area contributed by atoms with Crippen molar-refractivity contribution >= 4 is 21.8 Å². The monoisotopic (exact) mass is 297 g/mol. The third-order valence-electron chi connectivity index (χ3n) is 3.20. The maximum absolute atomic E-state index is 12.5. The molecule has 0 aromatic heterocycles. The summed E-state index contributed by atoms with van der Waals surface area (Å²) in [5, 5.41) is 0. The first-order valence-electron chi connectivity index (χ1n) is 6.13. The second-order valence-electron chi connectivity index (χ2n) is 4.46. The largest absolute Gasteiger partial charge is 0.468 e. The number of esters is 1. The Labute approximate surface area is 117 Å². The number of hydrogen-bond acceptors (Lipinski definition) is 5. The molecular weight excluding hydrogens is 282 g/mol. The molecule has 1 heterocycles. The number of benzene rings is 1. The van der Waals surface area contributed by atoms with Crippen LogP contribution in [0.2, 0.25) is 0 Å². The molecule has 1 aromatic carbocycles. The summed E-state index contributed by atoms with van der Waals surface area (Å²) in [6.07, 6.45) is -0.0295. The fraction of sp³-hybridized carbons (Fsp3) is 0.385. The van der Waals surface area contributed by atoms with Crippen LogP contribution in [0.25, 0.3) is 0 Å². The molecule has 2 rings (SSSR count). The lowest BCUT2D eigenvalue weighted by Gasteiger charge is -2.31. The standard InChI is InChI=1S/C13H15NO5S/c1-19-13(16)12-9-10(15)7-8-14(12)20(17,18)11-5-3-2-4-6-11/h2-6,12H,7-9H2,1H3. The van der Waals surface area contributed by atoms with E-state index in [1.165, 1.54) is 19.2 Å². The van der Waals surface area contributed by atoms with E-state index in [9.17, 15) is 18.0 Å². The summed E-state index contributed by atoms with van der Waals surface area (Å²) in [5.74, 6) is -0.850. The molecule has 0 aliphatic carbocycles. The fourth-order valence-corrected chi connectivity index (χ4v) is 3.76. The van der Waals surface area contributed by atoms with Gasteiger partial charge in [-0.3, -0.25) is 9.59 Å². The fourth-order valence-electron chi connectivity index (χ4n) is 2.16. The second-order valence-corrected chi connectivity index (χ2v) is 6.35. The van der Waals surface area contributed by atoms with E-state index >= 15 is 0 Å². The smallest absolute Gasteiger partial charge is 0.324 e. The van der Waals surface area contributed by atoms with Crippen molar-refractivity contribution in [3.63, 3.8) is 0 Å². The first kappa shape index (κ1) is 14.7. The van der Waals surface area contributed by atoms with Crippen LogP contribution in [0.3, 0.4) is 0 Å². The number of rotatable bonds is 3. The molecule has 20 heavy (non-hydrogen) atoms. The Balaban J connectivity index is 2.38. The number of Topliss-reactive ketones (excluding diaryl/α,β-unsaturated/α-hetero) is 1. The molecule has 1 aliphatic rings. The van der Waals surface area contributed by atoms with Crippen molar-refractivity contribution in [3.05, 3.63) is 30.3 Å². The van der Waals surface area contributed by atoms with Crippen LogP contribution in [-0.2, 0) is 24.3 Å². The van der Waals surface area contributed by atoms with E-state index in [0.717, 1.165) is 4.31 Å². The van der Waals surface area contributed by atoms with Crippen molar-refractivity contribution in [1.29, 1.82) is 0 Å². The Morgan fingerprint density at radius 1 is 1.30 bits per heavy atom. The van der Waals surface area contributed by atoms with Gasteiger partial charge in [0.15, 0.2) is 0 Å². The predicted molar refractivity (Wildman–Crippen MR) is 70.4 cm³/mol. The molecule has 1 saturated heterocycles. The van der Waals surface area contributed by atoms with Crippen molar-refractivity contribution in [1.82, 2.24) is 4.31 Å². The molecule has 6 nitrogen and oxygen atoms in total. The summed E-state index contributed by atoms with van der Waals surface area (Å²) in [5.41, 5.74) is 0. The minimum atomic E-state index is -3.81. The number of carbonyl (C=O) groups is 2. The van der Waals surface area contributed by atoms with Crippen LogP contribution in [0.1, 0.15) is 12.8 Å². The topological polar surface area (TPSA) is 80.8 Å². The highest BCUT2D eigenvalue weighted by Gasteiger charge is 2.40. The predicted octanol–water partition coefficient (Wildman–Crippen LogP) is 0.582. The lowest BCUT2D eigenvalue weighted by molar-refractivity contribution is -0.148. The van der Waals surface area contributed by atoms with Gasteiger partial charge >= 0.3 is 5.97 Å². The van der Waals surface area contributed by atoms with Gasteiger partial charge < -0.3 is 4.74 Å². The zero-order chi connectivity index (χ0) is 14.8. The van der Waals surface area contributed by atoms with Gasteiger partial charge in [-0.2, -0.15) is 4.31 Å². The van der Waals surface area contributed by atoms with E-state index in [4.69, 9.17) is 0 Å². The number of methoxy groups -OCH3 is 1. The molecular formula is C13H15NO5S. The van der Waals surface area contributed by atoms with Gasteiger partial charge in [0.05, 0.1) is 12.0 Å². The SMILES string of the molecule is COC(=O)C1CC(=O)CCN1S(=O)(=O)c1ccccc1. The molecule has 1 unspecified atom stereocenters. The van der Waals surface area contributed by atoms with Gasteiger partial charge in [-0.15, -0.1) is 0 Å². The molecule has 1 atom stereocenters. The zero-order valence-corrected chi connectivity index (χ0v) is 11.8. The quantitative estimate of drug-likeness (QED) is 0.762. The van der Waals surface area contributed by atoms with Crippen LogP contribution in [0.4, 0.5) is 0 Å². The second kappa shape index (κ2) is 5.72. The molecule has 0 saturated carbocycles. The van der Waals surface area contributed by atoms with Crippen LogP contribution in [-0.4, -0.2) is 44.2 Å². The van der Waals surface area contributed by atoms with Gasteiger partial charge in [0.2, 0.25) is 10.0 Å². The van der Waals surface area contributed by atoms with E-state index in [1.54, 1.807) is 18.2 Å². The molecule has 1 aliphatic heterocycles.